The molecule has 10 nitrogen and oxygen atoms in total. The second-order valence-corrected chi connectivity index (χ2v) is 14.2. The van der Waals surface area contributed by atoms with Gasteiger partial charge in [-0.05, 0) is 68.4 Å². The summed E-state index contributed by atoms with van der Waals surface area (Å²) in [7, 11) is 6.75. The molecule has 5 aromatic carbocycles. The third-order valence-corrected chi connectivity index (χ3v) is 9.16. The molecule has 2 aromatic heterocycles. The summed E-state index contributed by atoms with van der Waals surface area (Å²) in [5.74, 6) is 5.64. The summed E-state index contributed by atoms with van der Waals surface area (Å²) in [5.41, 5.74) is 5.52. The van der Waals surface area contributed by atoms with Gasteiger partial charge in [0, 0.05) is 36.8 Å². The lowest BCUT2D eigenvalue weighted by Crippen LogP contribution is -2.11. The molecule has 0 saturated carbocycles. The van der Waals surface area contributed by atoms with Crippen molar-refractivity contribution in [2.75, 3.05) is 68.7 Å². The summed E-state index contributed by atoms with van der Waals surface area (Å²) in [6, 6.07) is 50.2. The molecule has 0 bridgehead atoms. The van der Waals surface area contributed by atoms with E-state index < -0.39 is 6.10 Å². The van der Waals surface area contributed by atoms with Gasteiger partial charge < -0.3 is 33.6 Å². The Bertz CT molecular complexity index is 2460. The number of hydrogen-bond donors (Lipinski definition) is 1. The van der Waals surface area contributed by atoms with Crippen molar-refractivity contribution in [1.82, 2.24) is 19.1 Å². The molecule has 7 aromatic rings. The summed E-state index contributed by atoms with van der Waals surface area (Å²) >= 11 is 5.88. The number of aldehydes is 2. The van der Waals surface area contributed by atoms with E-state index in [1.54, 1.807) is 24.4 Å². The summed E-state index contributed by atoms with van der Waals surface area (Å²) in [6.45, 7) is 31.0. The van der Waals surface area contributed by atoms with Crippen LogP contribution in [0.1, 0.15) is 88.1 Å². The van der Waals surface area contributed by atoms with Crippen molar-refractivity contribution in [3.63, 3.8) is 0 Å². The Morgan fingerprint density at radius 1 is 0.512 bits per heavy atom. The molecule has 0 saturated heterocycles. The number of benzene rings is 5. The monoisotopic (exact) mass is 1270 g/mol. The van der Waals surface area contributed by atoms with E-state index in [0.717, 1.165) is 48.2 Å². The quantitative estimate of drug-likeness (QED) is 0.0407. The standard InChI is InChI=1S/C14H16N2O.C14H16N2.C10H12O.C7H6O.C7H8.3C2H3N.2CH3Br.5CH3F/c1-12-15-9-10-16(12)14(8-5-11-17)13-6-3-2-4-7-13;1-3-7-14(13-8-5-4-6-9-13)16-11-10-15-12(16)2;1-2-6-10(11)9-7-4-3-5-8-9;8-6-7-4-2-1-3-5-7;1-7-5-3-2-4-6-7;3*1-3-2;7*1-2/h2-4,6-7,9-11,14H,5,8H2,1H3;3-6,8-11,14H,1,7H2,2H3;2-5,7-8,10-11H,1,6H2;1-6H;2-6H,1H3;3*1H3;7*1H3. The Balaban J connectivity index is -0.000000130. The first-order valence-corrected chi connectivity index (χ1v) is 27.6. The van der Waals surface area contributed by atoms with Crippen molar-refractivity contribution >= 4 is 44.4 Å². The second kappa shape index (κ2) is 77.6. The Kier molecular flexibility index (Phi) is 86.0. The van der Waals surface area contributed by atoms with E-state index in [1.165, 1.54) is 37.8 Å². The van der Waals surface area contributed by atoms with Gasteiger partial charge in [0.1, 0.15) is 24.2 Å². The van der Waals surface area contributed by atoms with E-state index in [4.69, 9.17) is 19.7 Å². The first-order valence-electron chi connectivity index (χ1n) is 24.5. The Labute approximate surface area is 506 Å². The second-order valence-electron chi connectivity index (χ2n) is 14.2. The summed E-state index contributed by atoms with van der Waals surface area (Å²) in [4.78, 5) is 37.3. The number of aliphatic hydroxyl groups excluding tert-OH is 1. The number of hydrogen-bond acceptors (Lipinski definition) is 5. The molecule has 0 radical (unpaired) electrons. The molecule has 1 N–H and O–H groups in total. The van der Waals surface area contributed by atoms with Gasteiger partial charge in [-0.2, -0.15) is 0 Å². The van der Waals surface area contributed by atoms with Gasteiger partial charge in [0.2, 0.25) is 21.1 Å². The van der Waals surface area contributed by atoms with E-state index >= 15 is 0 Å². The number of imidazole rings is 2. The van der Waals surface area contributed by atoms with E-state index in [1.807, 2.05) is 141 Å². The molecule has 0 aliphatic carbocycles. The van der Waals surface area contributed by atoms with Gasteiger partial charge in [-0.3, -0.25) is 26.7 Å². The Morgan fingerprint density at radius 2 is 0.805 bits per heavy atom. The molecule has 0 aliphatic rings. The van der Waals surface area contributed by atoms with Crippen LogP contribution >= 0.6 is 31.9 Å². The average molecular weight is 1270 g/mol. The van der Waals surface area contributed by atoms with Gasteiger partial charge in [-0.1, -0.05) is 201 Å². The molecular formula is C65H88Br2F5N7O3. The highest BCUT2D eigenvalue weighted by Gasteiger charge is 2.15. The molecular weight excluding hydrogens is 1180 g/mol. The maximum Gasteiger partial charge on any atom is 0.205 e. The fourth-order valence-corrected chi connectivity index (χ4v) is 6.08. The van der Waals surface area contributed by atoms with Crippen molar-refractivity contribution in [3.05, 3.63) is 275 Å². The van der Waals surface area contributed by atoms with Crippen LogP contribution in [0.15, 0.2) is 202 Å². The van der Waals surface area contributed by atoms with Crippen LogP contribution in [0.25, 0.3) is 14.5 Å². The SMILES string of the molecule is C=CCC(O)c1ccccc1.C=CCC(c1ccccc1)n1ccnc1C.CBr.CBr.CF.CF.CF.CF.CF.Cc1ccccc1.Cc1nccn1C(CCC=O)c1ccccc1.O=Cc1ccccc1.[C-]#[N+]C.[C-]#[N+]C.[C-]#[N+]C. The number of aryl methyl sites for hydroxylation is 3. The minimum atomic E-state index is -0.395. The number of carbonyl (C=O) groups is 2. The van der Waals surface area contributed by atoms with Crippen LogP contribution in [0.5, 0.6) is 0 Å². The number of aliphatic hydroxyl groups is 1. The van der Waals surface area contributed by atoms with Crippen LogP contribution in [-0.4, -0.2) is 105 Å². The lowest BCUT2D eigenvalue weighted by molar-refractivity contribution is -0.108. The minimum absolute atomic E-state index is 0.198. The molecule has 0 aliphatic heterocycles. The van der Waals surface area contributed by atoms with Crippen molar-refractivity contribution in [2.24, 2.45) is 0 Å². The molecule has 2 heterocycles. The molecule has 82 heavy (non-hydrogen) atoms. The number of nitrogens with zero attached hydrogens (tertiary/aromatic N) is 7. The van der Waals surface area contributed by atoms with E-state index in [-0.39, 0.29) is 6.04 Å². The molecule has 3 unspecified atom stereocenters. The van der Waals surface area contributed by atoms with Crippen molar-refractivity contribution in [1.29, 1.82) is 0 Å². The number of aromatic nitrogens is 4. The summed E-state index contributed by atoms with van der Waals surface area (Å²) in [6.07, 6.45) is 15.6. The number of alkyl halides is 7. The highest BCUT2D eigenvalue weighted by atomic mass is 79.9. The predicted octanol–water partition coefficient (Wildman–Crippen LogP) is 18.5. The van der Waals surface area contributed by atoms with Crippen LogP contribution in [0.4, 0.5) is 22.0 Å². The maximum absolute atomic E-state index is 10.6. The maximum atomic E-state index is 10.6. The van der Waals surface area contributed by atoms with Crippen LogP contribution in [-0.2, 0) is 4.79 Å². The molecule has 450 valence electrons. The molecule has 0 fully saturated rings. The van der Waals surface area contributed by atoms with Gasteiger partial charge in [-0.25, -0.2) is 29.7 Å². The zero-order valence-electron chi connectivity index (χ0n) is 50.1. The van der Waals surface area contributed by atoms with Crippen LogP contribution in [0, 0.1) is 40.5 Å². The van der Waals surface area contributed by atoms with Gasteiger partial charge in [0.15, 0.2) is 0 Å². The van der Waals surface area contributed by atoms with E-state index in [9.17, 15) is 36.6 Å². The molecule has 0 amide bonds. The van der Waals surface area contributed by atoms with Crippen LogP contribution < -0.4 is 0 Å². The molecule has 3 atom stereocenters. The van der Waals surface area contributed by atoms with Crippen molar-refractivity contribution in [3.8, 4) is 0 Å². The third-order valence-electron chi connectivity index (χ3n) is 9.16. The zero-order valence-corrected chi connectivity index (χ0v) is 53.2. The van der Waals surface area contributed by atoms with E-state index in [0.29, 0.717) is 54.8 Å². The minimum Gasteiger partial charge on any atom is -0.388 e. The highest BCUT2D eigenvalue weighted by molar-refractivity contribution is 9.09. The van der Waals surface area contributed by atoms with Gasteiger partial charge in [0.05, 0.1) is 54.1 Å². The van der Waals surface area contributed by atoms with E-state index in [2.05, 4.69) is 134 Å². The van der Waals surface area contributed by atoms with Gasteiger partial charge >= 0.3 is 0 Å². The molecule has 0 spiro atoms. The average Bonchev–Trinajstić information content (AvgIpc) is 4.21. The van der Waals surface area contributed by atoms with Gasteiger partial charge in [-0.15, -0.1) is 13.2 Å². The third kappa shape index (κ3) is 51.8. The lowest BCUT2D eigenvalue weighted by Gasteiger charge is -2.19. The smallest absolute Gasteiger partial charge is 0.205 e. The number of allylic oxidation sites excluding steroid dienone is 1. The highest BCUT2D eigenvalue weighted by Crippen LogP contribution is 2.25. The number of rotatable bonds is 13. The fourth-order valence-electron chi connectivity index (χ4n) is 6.08. The first-order chi connectivity index (χ1) is 40.1. The van der Waals surface area contributed by atoms with Gasteiger partial charge in [0.25, 0.3) is 0 Å². The number of halogens is 7. The normalized spacial score (nSPS) is 9.00. The summed E-state index contributed by atoms with van der Waals surface area (Å²) in [5, 5.41) is 9.45. The zero-order chi connectivity index (χ0) is 64.6. The Hall–Kier alpha value is -7.62. The predicted molar refractivity (Wildman–Crippen MR) is 345 cm³/mol. The van der Waals surface area contributed by atoms with Crippen LogP contribution in [0.2, 0.25) is 0 Å². The summed E-state index contributed by atoms with van der Waals surface area (Å²) < 4.78 is 51.8. The number of carbonyl (C=O) groups excluding carboxylic acids is 2. The lowest BCUT2D eigenvalue weighted by atomic mass is 10.0. The molecule has 17 heteroatoms. The van der Waals surface area contributed by atoms with Crippen LogP contribution in [0.3, 0.4) is 0 Å². The van der Waals surface area contributed by atoms with Crippen molar-refractivity contribution < 1.29 is 36.6 Å². The topological polar surface area (TPSA) is 103 Å². The van der Waals surface area contributed by atoms with Crippen molar-refractivity contribution in [2.45, 2.75) is 64.6 Å². The Morgan fingerprint density at radius 3 is 1.06 bits per heavy atom. The molecule has 7 rings (SSSR count). The largest absolute Gasteiger partial charge is 0.388 e. The first kappa shape index (κ1) is 90.9. The fraction of sp³-hybridized carbons (Fsp3) is 0.308.